The monoisotopic (exact) mass is 274 g/mol. The standard InChI is InChI=1S/C12H7ClN4O2/c13-11-8(16-7-18)2-1-3-9(11)17-12(19)10-6-14-4-5-15-10/h1-6H,(H,17,19). The van der Waals surface area contributed by atoms with Gasteiger partial charge < -0.3 is 5.32 Å². The average Bonchev–Trinajstić information content (AvgIpc) is 2.44. The summed E-state index contributed by atoms with van der Waals surface area (Å²) in [6.07, 6.45) is 5.59. The minimum absolute atomic E-state index is 0.155. The molecule has 6 nitrogen and oxygen atoms in total. The van der Waals surface area contributed by atoms with Gasteiger partial charge in [0, 0.05) is 12.4 Å². The van der Waals surface area contributed by atoms with Crippen LogP contribution < -0.4 is 5.32 Å². The van der Waals surface area contributed by atoms with E-state index < -0.39 is 5.91 Å². The molecule has 0 atom stereocenters. The molecule has 0 aliphatic carbocycles. The summed E-state index contributed by atoms with van der Waals surface area (Å²) >= 11 is 6.00. The van der Waals surface area contributed by atoms with Gasteiger partial charge in [-0.25, -0.2) is 9.78 Å². The van der Waals surface area contributed by atoms with Gasteiger partial charge in [0.2, 0.25) is 6.08 Å². The molecule has 0 saturated heterocycles. The van der Waals surface area contributed by atoms with E-state index >= 15 is 0 Å². The molecule has 0 aliphatic heterocycles. The number of nitrogens with one attached hydrogen (secondary N) is 1. The summed E-state index contributed by atoms with van der Waals surface area (Å²) in [5.41, 5.74) is 0.713. The van der Waals surface area contributed by atoms with Crippen LogP contribution in [0.25, 0.3) is 0 Å². The van der Waals surface area contributed by atoms with E-state index in [0.717, 1.165) is 0 Å². The van der Waals surface area contributed by atoms with Crippen molar-refractivity contribution in [2.45, 2.75) is 0 Å². The van der Waals surface area contributed by atoms with Crippen LogP contribution in [0.15, 0.2) is 41.8 Å². The third-order valence-corrected chi connectivity index (χ3v) is 2.59. The maximum Gasteiger partial charge on any atom is 0.275 e. The second-order valence-corrected chi connectivity index (χ2v) is 3.76. The Morgan fingerprint density at radius 3 is 2.89 bits per heavy atom. The van der Waals surface area contributed by atoms with Gasteiger partial charge in [-0.15, -0.1) is 0 Å². The maximum absolute atomic E-state index is 11.9. The molecule has 0 radical (unpaired) electrons. The number of aromatic nitrogens is 2. The van der Waals surface area contributed by atoms with Gasteiger partial charge in [0.1, 0.15) is 5.69 Å². The normalized spacial score (nSPS) is 9.53. The minimum Gasteiger partial charge on any atom is -0.319 e. The Morgan fingerprint density at radius 2 is 2.21 bits per heavy atom. The summed E-state index contributed by atoms with van der Waals surface area (Å²) in [5, 5.41) is 2.72. The van der Waals surface area contributed by atoms with Crippen molar-refractivity contribution in [2.75, 3.05) is 5.32 Å². The summed E-state index contributed by atoms with van der Waals surface area (Å²) in [7, 11) is 0. The number of anilines is 1. The number of carbonyl (C=O) groups excluding carboxylic acids is 2. The first-order valence-corrected chi connectivity index (χ1v) is 5.54. The van der Waals surface area contributed by atoms with Crippen LogP contribution in [0.4, 0.5) is 11.4 Å². The van der Waals surface area contributed by atoms with Gasteiger partial charge in [0.25, 0.3) is 5.91 Å². The van der Waals surface area contributed by atoms with Gasteiger partial charge >= 0.3 is 0 Å². The molecule has 7 heteroatoms. The van der Waals surface area contributed by atoms with E-state index in [1.807, 2.05) is 0 Å². The van der Waals surface area contributed by atoms with Gasteiger partial charge in [-0.05, 0) is 12.1 Å². The van der Waals surface area contributed by atoms with E-state index in [0.29, 0.717) is 5.69 Å². The largest absolute Gasteiger partial charge is 0.319 e. The van der Waals surface area contributed by atoms with Crippen molar-refractivity contribution in [2.24, 2.45) is 4.99 Å². The smallest absolute Gasteiger partial charge is 0.275 e. The summed E-state index contributed by atoms with van der Waals surface area (Å²) < 4.78 is 0. The number of rotatable bonds is 3. The fourth-order valence-corrected chi connectivity index (χ4v) is 1.57. The molecule has 0 spiro atoms. The first kappa shape index (κ1) is 12.9. The zero-order chi connectivity index (χ0) is 13.7. The SMILES string of the molecule is O=C=Nc1cccc(NC(=O)c2cnccn2)c1Cl. The Kier molecular flexibility index (Phi) is 3.97. The highest BCUT2D eigenvalue weighted by atomic mass is 35.5. The Hall–Kier alpha value is -2.56. The van der Waals surface area contributed by atoms with Crippen molar-refractivity contribution >= 4 is 35.0 Å². The van der Waals surface area contributed by atoms with Crippen LogP contribution in [0, 0.1) is 0 Å². The summed E-state index contributed by atoms with van der Waals surface area (Å²) in [4.78, 5) is 33.2. The summed E-state index contributed by atoms with van der Waals surface area (Å²) in [6, 6.07) is 4.72. The lowest BCUT2D eigenvalue weighted by atomic mass is 10.2. The third kappa shape index (κ3) is 3.01. The van der Waals surface area contributed by atoms with Crippen LogP contribution in [0.1, 0.15) is 10.5 Å². The van der Waals surface area contributed by atoms with Crippen LogP contribution in [0.5, 0.6) is 0 Å². The van der Waals surface area contributed by atoms with E-state index in [2.05, 4.69) is 20.3 Å². The molecule has 1 N–H and O–H groups in total. The molecule has 0 saturated carbocycles. The number of hydrogen-bond acceptors (Lipinski definition) is 5. The molecular weight excluding hydrogens is 268 g/mol. The number of nitrogens with zero attached hydrogens (tertiary/aromatic N) is 3. The van der Waals surface area contributed by atoms with Crippen molar-refractivity contribution in [3.05, 3.63) is 47.5 Å². The number of isocyanates is 1. The van der Waals surface area contributed by atoms with E-state index in [9.17, 15) is 9.59 Å². The first-order valence-electron chi connectivity index (χ1n) is 5.16. The molecule has 19 heavy (non-hydrogen) atoms. The van der Waals surface area contributed by atoms with Crippen LogP contribution in [-0.4, -0.2) is 22.0 Å². The van der Waals surface area contributed by atoms with Gasteiger partial charge in [-0.3, -0.25) is 9.78 Å². The molecule has 0 unspecified atom stereocenters. The molecule has 0 aliphatic rings. The van der Waals surface area contributed by atoms with Crippen molar-refractivity contribution in [3.63, 3.8) is 0 Å². The summed E-state index contributed by atoms with van der Waals surface area (Å²) in [6.45, 7) is 0. The van der Waals surface area contributed by atoms with Crippen molar-refractivity contribution in [3.8, 4) is 0 Å². The Balaban J connectivity index is 2.27. The summed E-state index contributed by atoms with van der Waals surface area (Å²) in [5.74, 6) is -0.456. The fraction of sp³-hybridized carbons (Fsp3) is 0. The number of benzene rings is 1. The molecule has 0 bridgehead atoms. The van der Waals surface area contributed by atoms with Crippen LogP contribution in [0.2, 0.25) is 5.02 Å². The predicted octanol–water partition coefficient (Wildman–Crippen LogP) is 2.35. The Morgan fingerprint density at radius 1 is 1.37 bits per heavy atom. The molecule has 1 amide bonds. The number of halogens is 1. The molecule has 0 fully saturated rings. The minimum atomic E-state index is -0.456. The van der Waals surface area contributed by atoms with E-state index in [-0.39, 0.29) is 16.4 Å². The van der Waals surface area contributed by atoms with E-state index in [1.165, 1.54) is 30.7 Å². The molecule has 1 aromatic heterocycles. The quantitative estimate of drug-likeness (QED) is 0.688. The lowest BCUT2D eigenvalue weighted by molar-refractivity contribution is 0.102. The lowest BCUT2D eigenvalue weighted by Gasteiger charge is -2.07. The predicted molar refractivity (Wildman–Crippen MR) is 69.2 cm³/mol. The molecule has 2 rings (SSSR count). The zero-order valence-corrected chi connectivity index (χ0v) is 10.3. The fourth-order valence-electron chi connectivity index (χ4n) is 1.35. The molecular formula is C12H7ClN4O2. The van der Waals surface area contributed by atoms with Crippen molar-refractivity contribution < 1.29 is 9.59 Å². The van der Waals surface area contributed by atoms with E-state index in [1.54, 1.807) is 12.1 Å². The van der Waals surface area contributed by atoms with Gasteiger partial charge in [-0.2, -0.15) is 4.99 Å². The Labute approximate surface area is 113 Å². The highest BCUT2D eigenvalue weighted by Gasteiger charge is 2.11. The van der Waals surface area contributed by atoms with Crippen molar-refractivity contribution in [1.82, 2.24) is 9.97 Å². The molecule has 1 aromatic carbocycles. The molecule has 1 heterocycles. The zero-order valence-electron chi connectivity index (χ0n) is 9.50. The van der Waals surface area contributed by atoms with Gasteiger partial charge in [0.05, 0.1) is 22.6 Å². The number of hydrogen-bond donors (Lipinski definition) is 1. The number of carbonyl (C=O) groups is 1. The van der Waals surface area contributed by atoms with Crippen LogP contribution >= 0.6 is 11.6 Å². The highest BCUT2D eigenvalue weighted by Crippen LogP contribution is 2.31. The number of aliphatic imine (C=N–C) groups is 1. The topological polar surface area (TPSA) is 84.3 Å². The molecule has 2 aromatic rings. The van der Waals surface area contributed by atoms with Crippen LogP contribution in [0.3, 0.4) is 0 Å². The van der Waals surface area contributed by atoms with Crippen molar-refractivity contribution in [1.29, 1.82) is 0 Å². The van der Waals surface area contributed by atoms with E-state index in [4.69, 9.17) is 11.6 Å². The highest BCUT2D eigenvalue weighted by molar-refractivity contribution is 6.36. The Bertz CT molecular complexity index is 654. The average molecular weight is 275 g/mol. The second kappa shape index (κ2) is 5.86. The third-order valence-electron chi connectivity index (χ3n) is 2.19. The van der Waals surface area contributed by atoms with Gasteiger partial charge in [0.15, 0.2) is 0 Å². The maximum atomic E-state index is 11.9. The number of amides is 1. The first-order chi connectivity index (χ1) is 9.22. The van der Waals surface area contributed by atoms with Crippen LogP contribution in [-0.2, 0) is 4.79 Å². The molecule has 94 valence electrons. The lowest BCUT2D eigenvalue weighted by Crippen LogP contribution is -2.14. The van der Waals surface area contributed by atoms with Gasteiger partial charge in [-0.1, -0.05) is 17.7 Å². The second-order valence-electron chi connectivity index (χ2n) is 3.39.